The Kier molecular flexibility index (Phi) is 4.54. The van der Waals surface area contributed by atoms with Gasteiger partial charge in [-0.15, -0.1) is 0 Å². The van der Waals surface area contributed by atoms with Crippen LogP contribution >= 0.6 is 0 Å². The molecule has 0 spiro atoms. The van der Waals surface area contributed by atoms with Gasteiger partial charge < -0.3 is 20.1 Å². The summed E-state index contributed by atoms with van der Waals surface area (Å²) in [6.07, 6.45) is 0.150. The molecule has 6 heteroatoms. The minimum Gasteiger partial charge on any atom is -0.481 e. The van der Waals surface area contributed by atoms with E-state index in [2.05, 4.69) is 5.32 Å². The first-order chi connectivity index (χ1) is 7.50. The molecule has 1 aliphatic heterocycles. The smallest absolute Gasteiger partial charge is 0.317 e. The van der Waals surface area contributed by atoms with Gasteiger partial charge in [-0.2, -0.15) is 0 Å². The number of hydrogen-bond donors (Lipinski definition) is 2. The monoisotopic (exact) mass is 230 g/mol. The molecule has 0 aromatic rings. The second kappa shape index (κ2) is 5.69. The van der Waals surface area contributed by atoms with Crippen molar-refractivity contribution in [2.75, 3.05) is 26.2 Å². The lowest BCUT2D eigenvalue weighted by molar-refractivity contribution is -0.146. The van der Waals surface area contributed by atoms with E-state index < -0.39 is 11.9 Å². The minimum absolute atomic E-state index is 0.150. The number of nitrogens with zero attached hydrogens (tertiary/aromatic N) is 1. The number of aliphatic carboxylic acids is 1. The molecule has 1 saturated heterocycles. The summed E-state index contributed by atoms with van der Waals surface area (Å²) in [6, 6.07) is -0.218. The van der Waals surface area contributed by atoms with Crippen molar-refractivity contribution < 1.29 is 19.4 Å². The van der Waals surface area contributed by atoms with Crippen molar-refractivity contribution in [1.82, 2.24) is 10.2 Å². The number of amides is 2. The summed E-state index contributed by atoms with van der Waals surface area (Å²) in [7, 11) is 0. The molecule has 1 heterocycles. The first-order valence-corrected chi connectivity index (χ1v) is 5.38. The van der Waals surface area contributed by atoms with Crippen molar-refractivity contribution >= 4 is 12.0 Å². The van der Waals surface area contributed by atoms with Crippen LogP contribution in [-0.4, -0.2) is 54.4 Å². The number of carboxylic acids is 1. The average Bonchev–Trinajstić information content (AvgIpc) is 2.08. The van der Waals surface area contributed by atoms with Gasteiger partial charge in [0.2, 0.25) is 0 Å². The van der Waals surface area contributed by atoms with Crippen molar-refractivity contribution in [3.63, 3.8) is 0 Å². The second-order valence-electron chi connectivity index (χ2n) is 4.09. The van der Waals surface area contributed by atoms with Gasteiger partial charge in [0.1, 0.15) is 0 Å². The van der Waals surface area contributed by atoms with E-state index in [0.29, 0.717) is 26.2 Å². The number of rotatable bonds is 5. The van der Waals surface area contributed by atoms with Gasteiger partial charge in [0.05, 0.1) is 18.6 Å². The van der Waals surface area contributed by atoms with Crippen LogP contribution in [-0.2, 0) is 9.53 Å². The molecule has 1 rings (SSSR count). The standard InChI is InChI=1S/C10H18N2O4/c1-7(2)16-4-3-11-10(15)12-5-8(6-12)9(13)14/h7-8H,3-6H2,1-2H3,(H,11,15)(H,13,14). The molecule has 0 aromatic carbocycles. The van der Waals surface area contributed by atoms with Crippen molar-refractivity contribution in [3.05, 3.63) is 0 Å². The number of carboxylic acid groups (broad SMARTS) is 1. The van der Waals surface area contributed by atoms with Gasteiger partial charge in [0.15, 0.2) is 0 Å². The first-order valence-electron chi connectivity index (χ1n) is 5.38. The third kappa shape index (κ3) is 3.69. The highest BCUT2D eigenvalue weighted by Crippen LogP contribution is 2.14. The number of ether oxygens (including phenoxy) is 1. The van der Waals surface area contributed by atoms with E-state index in [4.69, 9.17) is 9.84 Å². The lowest BCUT2D eigenvalue weighted by atomic mass is 10.0. The third-order valence-electron chi connectivity index (χ3n) is 2.35. The molecule has 1 aliphatic rings. The number of urea groups is 1. The molecule has 16 heavy (non-hydrogen) atoms. The summed E-state index contributed by atoms with van der Waals surface area (Å²) in [5.74, 6) is -1.25. The number of carbonyl (C=O) groups excluding carboxylic acids is 1. The Bertz CT molecular complexity index is 262. The predicted molar refractivity (Wildman–Crippen MR) is 57.2 cm³/mol. The Hall–Kier alpha value is -1.30. The zero-order valence-electron chi connectivity index (χ0n) is 9.60. The maximum atomic E-state index is 11.4. The van der Waals surface area contributed by atoms with Gasteiger partial charge in [-0.25, -0.2) is 4.79 Å². The quantitative estimate of drug-likeness (QED) is 0.658. The van der Waals surface area contributed by atoms with Crippen LogP contribution in [0.3, 0.4) is 0 Å². The molecule has 0 aliphatic carbocycles. The number of hydrogen-bond acceptors (Lipinski definition) is 3. The van der Waals surface area contributed by atoms with Gasteiger partial charge in [0.25, 0.3) is 0 Å². The van der Waals surface area contributed by atoms with E-state index >= 15 is 0 Å². The van der Waals surface area contributed by atoms with E-state index in [9.17, 15) is 9.59 Å². The fourth-order valence-electron chi connectivity index (χ4n) is 1.36. The van der Waals surface area contributed by atoms with E-state index in [0.717, 1.165) is 0 Å². The van der Waals surface area contributed by atoms with Gasteiger partial charge >= 0.3 is 12.0 Å². The van der Waals surface area contributed by atoms with E-state index in [1.165, 1.54) is 4.90 Å². The van der Waals surface area contributed by atoms with E-state index in [1.54, 1.807) is 0 Å². The van der Waals surface area contributed by atoms with Gasteiger partial charge in [-0.05, 0) is 13.8 Å². The van der Waals surface area contributed by atoms with Crippen LogP contribution in [0.25, 0.3) is 0 Å². The normalized spacial score (nSPS) is 16.1. The molecule has 2 amide bonds. The van der Waals surface area contributed by atoms with Crippen LogP contribution < -0.4 is 5.32 Å². The van der Waals surface area contributed by atoms with Crippen molar-refractivity contribution in [1.29, 1.82) is 0 Å². The van der Waals surface area contributed by atoms with Crippen LogP contribution in [0.2, 0.25) is 0 Å². The molecular formula is C10H18N2O4. The van der Waals surface area contributed by atoms with Crippen LogP contribution in [0, 0.1) is 5.92 Å². The number of nitrogens with one attached hydrogen (secondary N) is 1. The van der Waals surface area contributed by atoms with Crippen molar-refractivity contribution in [3.8, 4) is 0 Å². The Morgan fingerprint density at radius 3 is 2.62 bits per heavy atom. The lowest BCUT2D eigenvalue weighted by Crippen LogP contribution is -2.56. The summed E-state index contributed by atoms with van der Waals surface area (Å²) in [6.45, 7) is 5.37. The molecule has 0 radical (unpaired) electrons. The predicted octanol–water partition coefficient (Wildman–Crippen LogP) is 0.137. The Balaban J connectivity index is 2.07. The molecule has 1 fully saturated rings. The number of likely N-dealkylation sites (tertiary alicyclic amines) is 1. The third-order valence-corrected chi connectivity index (χ3v) is 2.35. The van der Waals surface area contributed by atoms with Crippen LogP contribution in [0.15, 0.2) is 0 Å². The van der Waals surface area contributed by atoms with Crippen LogP contribution in [0.1, 0.15) is 13.8 Å². The van der Waals surface area contributed by atoms with Crippen molar-refractivity contribution in [2.45, 2.75) is 20.0 Å². The summed E-state index contributed by atoms with van der Waals surface area (Å²) < 4.78 is 5.26. The molecule has 0 bridgehead atoms. The second-order valence-corrected chi connectivity index (χ2v) is 4.09. The highest BCUT2D eigenvalue weighted by atomic mass is 16.5. The minimum atomic E-state index is -0.841. The zero-order chi connectivity index (χ0) is 12.1. The summed E-state index contributed by atoms with van der Waals surface area (Å²) in [5.41, 5.74) is 0. The average molecular weight is 230 g/mol. The SMILES string of the molecule is CC(C)OCCNC(=O)N1CC(C(=O)O)C1. The van der Waals surface area contributed by atoms with Crippen LogP contribution in [0.4, 0.5) is 4.79 Å². The molecular weight excluding hydrogens is 212 g/mol. The number of carbonyl (C=O) groups is 2. The van der Waals surface area contributed by atoms with Crippen LogP contribution in [0.5, 0.6) is 0 Å². The van der Waals surface area contributed by atoms with Gasteiger partial charge in [0, 0.05) is 19.6 Å². The highest BCUT2D eigenvalue weighted by molar-refractivity contribution is 5.79. The van der Waals surface area contributed by atoms with E-state index in [-0.39, 0.29) is 12.1 Å². The van der Waals surface area contributed by atoms with Gasteiger partial charge in [-0.1, -0.05) is 0 Å². The maximum Gasteiger partial charge on any atom is 0.317 e. The first kappa shape index (κ1) is 12.8. The largest absolute Gasteiger partial charge is 0.481 e. The summed E-state index contributed by atoms with van der Waals surface area (Å²) in [5, 5.41) is 11.3. The molecule has 92 valence electrons. The van der Waals surface area contributed by atoms with Crippen molar-refractivity contribution in [2.24, 2.45) is 5.92 Å². The summed E-state index contributed by atoms with van der Waals surface area (Å²) in [4.78, 5) is 23.4. The Labute approximate surface area is 94.6 Å². The summed E-state index contributed by atoms with van der Waals surface area (Å²) >= 11 is 0. The topological polar surface area (TPSA) is 78.9 Å². The zero-order valence-corrected chi connectivity index (χ0v) is 9.60. The Morgan fingerprint density at radius 2 is 2.12 bits per heavy atom. The Morgan fingerprint density at radius 1 is 1.50 bits per heavy atom. The molecule has 0 unspecified atom stereocenters. The molecule has 6 nitrogen and oxygen atoms in total. The molecule has 0 aromatic heterocycles. The molecule has 0 saturated carbocycles. The molecule has 2 N–H and O–H groups in total. The molecule has 0 atom stereocenters. The highest BCUT2D eigenvalue weighted by Gasteiger charge is 2.35. The fraction of sp³-hybridized carbons (Fsp3) is 0.800. The van der Waals surface area contributed by atoms with Gasteiger partial charge in [-0.3, -0.25) is 4.79 Å². The fourth-order valence-corrected chi connectivity index (χ4v) is 1.36. The van der Waals surface area contributed by atoms with E-state index in [1.807, 2.05) is 13.8 Å². The lowest BCUT2D eigenvalue weighted by Gasteiger charge is -2.36. The maximum absolute atomic E-state index is 11.4.